The molecule has 0 aromatic heterocycles. The fourth-order valence-electron chi connectivity index (χ4n) is 2.42. The van der Waals surface area contributed by atoms with Crippen molar-refractivity contribution in [1.29, 1.82) is 0 Å². The highest BCUT2D eigenvalue weighted by atomic mass is 79.9. The zero-order valence-electron chi connectivity index (χ0n) is 9.96. The Bertz CT molecular complexity index is 435. The average molecular weight is 319 g/mol. The third-order valence-electron chi connectivity index (χ3n) is 3.03. The van der Waals surface area contributed by atoms with Crippen LogP contribution in [-0.2, 0) is 5.60 Å². The van der Waals surface area contributed by atoms with Gasteiger partial charge >= 0.3 is 0 Å². The monoisotopic (exact) mass is 318 g/mol. The van der Waals surface area contributed by atoms with Gasteiger partial charge in [0.25, 0.3) is 0 Å². The molecule has 1 saturated heterocycles. The molecule has 0 saturated carbocycles. The quantitative estimate of drug-likeness (QED) is 0.846. The van der Waals surface area contributed by atoms with Crippen LogP contribution in [0, 0.1) is 11.2 Å². The van der Waals surface area contributed by atoms with Gasteiger partial charge in [-0.25, -0.2) is 4.39 Å². The van der Waals surface area contributed by atoms with E-state index < -0.39 is 5.60 Å². The maximum Gasteiger partial charge on any atom is 0.129 e. The fourth-order valence-corrected chi connectivity index (χ4v) is 4.13. The summed E-state index contributed by atoms with van der Waals surface area (Å²) in [6, 6.07) is 4.75. The molecule has 1 aromatic rings. The van der Waals surface area contributed by atoms with Crippen LogP contribution in [0.25, 0.3) is 0 Å². The van der Waals surface area contributed by atoms with Crippen LogP contribution in [0.5, 0.6) is 0 Å². The molecular formula is C13H16BrFOS. The van der Waals surface area contributed by atoms with Gasteiger partial charge < -0.3 is 5.11 Å². The van der Waals surface area contributed by atoms with E-state index in [1.54, 1.807) is 23.9 Å². The van der Waals surface area contributed by atoms with Crippen LogP contribution >= 0.6 is 27.7 Å². The summed E-state index contributed by atoms with van der Waals surface area (Å²) in [5, 5.41) is 10.7. The number of rotatable bonds is 1. The van der Waals surface area contributed by atoms with Gasteiger partial charge in [0.1, 0.15) is 11.4 Å². The van der Waals surface area contributed by atoms with E-state index in [0.717, 1.165) is 10.2 Å². The molecule has 17 heavy (non-hydrogen) atoms. The molecule has 1 unspecified atom stereocenters. The van der Waals surface area contributed by atoms with Crippen molar-refractivity contribution in [3.05, 3.63) is 34.1 Å². The Morgan fingerprint density at radius 2 is 2.06 bits per heavy atom. The van der Waals surface area contributed by atoms with E-state index in [0.29, 0.717) is 17.7 Å². The van der Waals surface area contributed by atoms with Gasteiger partial charge in [-0.05, 0) is 35.8 Å². The van der Waals surface area contributed by atoms with Gasteiger partial charge in [0.05, 0.1) is 0 Å². The van der Waals surface area contributed by atoms with Crippen molar-refractivity contribution >= 4 is 27.7 Å². The molecule has 0 bridgehead atoms. The topological polar surface area (TPSA) is 20.2 Å². The SMILES string of the molecule is CC1(C)CSCC(O)(c2cc(Br)ccc2F)C1. The maximum absolute atomic E-state index is 13.9. The van der Waals surface area contributed by atoms with Gasteiger partial charge in [-0.15, -0.1) is 0 Å². The Labute approximate surface area is 114 Å². The molecule has 1 aliphatic heterocycles. The van der Waals surface area contributed by atoms with Crippen molar-refractivity contribution in [3.63, 3.8) is 0 Å². The summed E-state index contributed by atoms with van der Waals surface area (Å²) in [5.74, 6) is 1.24. The third kappa shape index (κ3) is 2.85. The molecule has 1 aromatic carbocycles. The van der Waals surface area contributed by atoms with Crippen LogP contribution < -0.4 is 0 Å². The van der Waals surface area contributed by atoms with Gasteiger partial charge in [-0.2, -0.15) is 11.8 Å². The standard InChI is InChI=1S/C13H16BrFOS/c1-12(2)6-13(16,8-17-7-12)10-5-9(14)3-4-11(10)15/h3-5,16H,6-8H2,1-2H3. The van der Waals surface area contributed by atoms with Gasteiger partial charge in [-0.3, -0.25) is 0 Å². The largest absolute Gasteiger partial charge is 0.384 e. The molecule has 2 rings (SSSR count). The highest BCUT2D eigenvalue weighted by Gasteiger charge is 2.41. The van der Waals surface area contributed by atoms with Crippen LogP contribution in [0.3, 0.4) is 0 Å². The van der Waals surface area contributed by atoms with E-state index >= 15 is 0 Å². The van der Waals surface area contributed by atoms with Crippen molar-refractivity contribution in [3.8, 4) is 0 Å². The summed E-state index contributed by atoms with van der Waals surface area (Å²) in [6.07, 6.45) is 0.598. The maximum atomic E-state index is 13.9. The lowest BCUT2D eigenvalue weighted by molar-refractivity contribution is 0.0125. The molecular weight excluding hydrogens is 303 g/mol. The lowest BCUT2D eigenvalue weighted by atomic mass is 9.78. The van der Waals surface area contributed by atoms with Crippen molar-refractivity contribution in [1.82, 2.24) is 0 Å². The minimum Gasteiger partial charge on any atom is -0.384 e. The van der Waals surface area contributed by atoms with Crippen LogP contribution in [0.2, 0.25) is 0 Å². The van der Waals surface area contributed by atoms with Crippen molar-refractivity contribution in [2.75, 3.05) is 11.5 Å². The molecule has 1 fully saturated rings. The van der Waals surface area contributed by atoms with E-state index in [9.17, 15) is 9.50 Å². The second-order valence-electron chi connectivity index (χ2n) is 5.49. The van der Waals surface area contributed by atoms with Crippen molar-refractivity contribution in [2.45, 2.75) is 25.9 Å². The number of thioether (sulfide) groups is 1. The Morgan fingerprint density at radius 1 is 1.35 bits per heavy atom. The first-order valence-corrected chi connectivity index (χ1v) is 7.53. The average Bonchev–Trinajstić information content (AvgIpc) is 2.19. The molecule has 1 N–H and O–H groups in total. The molecule has 1 heterocycles. The number of hydrogen-bond donors (Lipinski definition) is 1. The van der Waals surface area contributed by atoms with E-state index in [1.807, 2.05) is 0 Å². The van der Waals surface area contributed by atoms with E-state index in [-0.39, 0.29) is 11.2 Å². The highest BCUT2D eigenvalue weighted by molar-refractivity contribution is 9.10. The summed E-state index contributed by atoms with van der Waals surface area (Å²) in [7, 11) is 0. The summed E-state index contributed by atoms with van der Waals surface area (Å²) in [6.45, 7) is 4.22. The minimum atomic E-state index is -1.06. The highest BCUT2D eigenvalue weighted by Crippen LogP contribution is 2.45. The Balaban J connectivity index is 2.40. The lowest BCUT2D eigenvalue weighted by Gasteiger charge is -2.41. The molecule has 0 radical (unpaired) electrons. The third-order valence-corrected chi connectivity index (χ3v) is 5.19. The molecule has 4 heteroatoms. The first-order chi connectivity index (χ1) is 7.82. The molecule has 1 atom stereocenters. The molecule has 1 aliphatic rings. The number of aliphatic hydroxyl groups is 1. The van der Waals surface area contributed by atoms with E-state index in [2.05, 4.69) is 29.8 Å². The van der Waals surface area contributed by atoms with Gasteiger partial charge in [0.15, 0.2) is 0 Å². The minimum absolute atomic E-state index is 0.0342. The normalized spacial score (nSPS) is 28.1. The lowest BCUT2D eigenvalue weighted by Crippen LogP contribution is -2.40. The second kappa shape index (κ2) is 4.56. The number of benzene rings is 1. The van der Waals surface area contributed by atoms with Gasteiger partial charge in [-0.1, -0.05) is 29.8 Å². The molecule has 94 valence electrons. The van der Waals surface area contributed by atoms with Crippen molar-refractivity contribution in [2.24, 2.45) is 5.41 Å². The summed E-state index contributed by atoms with van der Waals surface area (Å²) in [4.78, 5) is 0. The molecule has 0 amide bonds. The van der Waals surface area contributed by atoms with Crippen LogP contribution in [0.1, 0.15) is 25.8 Å². The van der Waals surface area contributed by atoms with Gasteiger partial charge in [0, 0.05) is 15.8 Å². The van der Waals surface area contributed by atoms with Gasteiger partial charge in [0.2, 0.25) is 0 Å². The predicted molar refractivity (Wildman–Crippen MR) is 73.7 cm³/mol. The van der Waals surface area contributed by atoms with E-state index in [4.69, 9.17) is 0 Å². The Morgan fingerprint density at radius 3 is 2.71 bits per heavy atom. The van der Waals surface area contributed by atoms with Crippen LogP contribution in [-0.4, -0.2) is 16.6 Å². The second-order valence-corrected chi connectivity index (χ2v) is 7.39. The summed E-state index contributed by atoms with van der Waals surface area (Å²) in [5.41, 5.74) is -0.612. The molecule has 1 nitrogen and oxygen atoms in total. The van der Waals surface area contributed by atoms with Crippen molar-refractivity contribution < 1.29 is 9.50 Å². The first kappa shape index (κ1) is 13.4. The zero-order chi connectivity index (χ0) is 12.7. The summed E-state index contributed by atoms with van der Waals surface area (Å²) < 4.78 is 14.7. The van der Waals surface area contributed by atoms with E-state index in [1.165, 1.54) is 6.07 Å². The zero-order valence-corrected chi connectivity index (χ0v) is 12.4. The number of halogens is 2. The summed E-state index contributed by atoms with van der Waals surface area (Å²) >= 11 is 5.02. The van der Waals surface area contributed by atoms with Crippen LogP contribution in [0.15, 0.2) is 22.7 Å². The molecule has 0 spiro atoms. The Kier molecular flexibility index (Phi) is 3.59. The first-order valence-electron chi connectivity index (χ1n) is 5.58. The number of hydrogen-bond acceptors (Lipinski definition) is 2. The smallest absolute Gasteiger partial charge is 0.129 e. The molecule has 0 aliphatic carbocycles. The predicted octanol–water partition coefficient (Wildman–Crippen LogP) is 3.94. The fraction of sp³-hybridized carbons (Fsp3) is 0.538. The Hall–Kier alpha value is -0.0600. The van der Waals surface area contributed by atoms with Crippen LogP contribution in [0.4, 0.5) is 4.39 Å².